The third kappa shape index (κ3) is 3.50. The van der Waals surface area contributed by atoms with Gasteiger partial charge in [0.1, 0.15) is 17.8 Å². The monoisotopic (exact) mass is 401 g/mol. The molecule has 0 aliphatic heterocycles. The zero-order valence-corrected chi connectivity index (χ0v) is 15.8. The van der Waals surface area contributed by atoms with Gasteiger partial charge < -0.3 is 15.2 Å². The number of hydrogen-bond acceptors (Lipinski definition) is 6. The van der Waals surface area contributed by atoms with Crippen molar-refractivity contribution in [2.24, 2.45) is 0 Å². The van der Waals surface area contributed by atoms with E-state index in [-0.39, 0.29) is 11.8 Å². The summed E-state index contributed by atoms with van der Waals surface area (Å²) in [6.07, 6.45) is 6.57. The van der Waals surface area contributed by atoms with Crippen molar-refractivity contribution in [2.75, 3.05) is 5.32 Å². The van der Waals surface area contributed by atoms with E-state index < -0.39 is 12.2 Å². The van der Waals surface area contributed by atoms with Crippen LogP contribution in [0.1, 0.15) is 44.1 Å². The normalized spacial score (nSPS) is 24.0. The van der Waals surface area contributed by atoms with Crippen molar-refractivity contribution in [2.45, 2.75) is 56.8 Å². The second-order valence-electron chi connectivity index (χ2n) is 8.18. The predicted molar refractivity (Wildman–Crippen MR) is 102 cm³/mol. The van der Waals surface area contributed by atoms with E-state index in [9.17, 15) is 13.9 Å². The Labute approximate surface area is 165 Å². The number of anilines is 1. The molecule has 29 heavy (non-hydrogen) atoms. The fraction of sp³-hybridized carbons (Fsp3) is 0.450. The standard InChI is InChI=1S/C20H21F2N5O2/c1-20(28)7-13(8-20)24-19-26-25-17(15-9-23-10-27(15)19)14-5-4-12(11-2-3-11)6-16(14)29-18(21)22/h4-6,9-11,13,18,28H,2-3,7-8H2,1H3,(H,24,26). The summed E-state index contributed by atoms with van der Waals surface area (Å²) in [7, 11) is 0. The lowest BCUT2D eigenvalue weighted by Crippen LogP contribution is -2.48. The van der Waals surface area contributed by atoms with E-state index in [1.807, 2.05) is 6.07 Å². The van der Waals surface area contributed by atoms with E-state index in [4.69, 9.17) is 4.74 Å². The van der Waals surface area contributed by atoms with E-state index in [1.54, 1.807) is 36.0 Å². The Kier molecular flexibility index (Phi) is 4.16. The molecule has 3 aromatic rings. The third-order valence-electron chi connectivity index (χ3n) is 5.59. The zero-order valence-electron chi connectivity index (χ0n) is 15.8. The number of fused-ring (bicyclic) bond motifs is 1. The second-order valence-corrected chi connectivity index (χ2v) is 8.18. The maximum atomic E-state index is 13.0. The van der Waals surface area contributed by atoms with Crippen LogP contribution in [-0.4, -0.2) is 42.9 Å². The van der Waals surface area contributed by atoms with Crippen LogP contribution in [-0.2, 0) is 0 Å². The summed E-state index contributed by atoms with van der Waals surface area (Å²) >= 11 is 0. The van der Waals surface area contributed by atoms with E-state index >= 15 is 0 Å². The highest BCUT2D eigenvalue weighted by Gasteiger charge is 2.39. The third-order valence-corrected chi connectivity index (χ3v) is 5.59. The second kappa shape index (κ2) is 6.62. The fourth-order valence-corrected chi connectivity index (χ4v) is 4.01. The van der Waals surface area contributed by atoms with E-state index in [1.165, 1.54) is 0 Å². The summed E-state index contributed by atoms with van der Waals surface area (Å²) in [5.41, 5.74) is 1.84. The number of imidazole rings is 1. The molecule has 0 atom stereocenters. The first-order valence-electron chi connectivity index (χ1n) is 9.66. The van der Waals surface area contributed by atoms with Crippen LogP contribution in [0.4, 0.5) is 14.7 Å². The van der Waals surface area contributed by atoms with Gasteiger partial charge in [0.15, 0.2) is 0 Å². The van der Waals surface area contributed by atoms with Gasteiger partial charge in [-0.3, -0.25) is 4.40 Å². The molecular weight excluding hydrogens is 380 g/mol. The lowest BCUT2D eigenvalue weighted by Gasteiger charge is -2.41. The molecule has 7 nitrogen and oxygen atoms in total. The molecule has 0 unspecified atom stereocenters. The van der Waals surface area contributed by atoms with Crippen LogP contribution in [0, 0.1) is 0 Å². The first kappa shape index (κ1) is 18.2. The molecule has 2 aliphatic carbocycles. The first-order chi connectivity index (χ1) is 13.9. The van der Waals surface area contributed by atoms with Gasteiger partial charge in [0.25, 0.3) is 0 Å². The molecule has 5 rings (SSSR count). The summed E-state index contributed by atoms with van der Waals surface area (Å²) in [4.78, 5) is 4.18. The number of aliphatic hydroxyl groups is 1. The Morgan fingerprint density at radius 2 is 2.07 bits per heavy atom. The van der Waals surface area contributed by atoms with Crippen molar-refractivity contribution in [3.8, 4) is 17.0 Å². The summed E-state index contributed by atoms with van der Waals surface area (Å²) in [6, 6.07) is 5.46. The highest BCUT2D eigenvalue weighted by molar-refractivity contribution is 5.81. The maximum Gasteiger partial charge on any atom is 0.387 e. The molecule has 2 N–H and O–H groups in total. The number of benzene rings is 1. The van der Waals surface area contributed by atoms with Crippen LogP contribution < -0.4 is 10.1 Å². The Hall–Kier alpha value is -2.81. The van der Waals surface area contributed by atoms with Crippen LogP contribution in [0.3, 0.4) is 0 Å². The lowest BCUT2D eigenvalue weighted by molar-refractivity contribution is -0.0495. The summed E-state index contributed by atoms with van der Waals surface area (Å²) in [6.45, 7) is -1.13. The number of alkyl halides is 2. The fourth-order valence-electron chi connectivity index (χ4n) is 4.01. The summed E-state index contributed by atoms with van der Waals surface area (Å²) < 4.78 is 32.6. The maximum absolute atomic E-state index is 13.0. The van der Waals surface area contributed by atoms with Gasteiger partial charge in [0.2, 0.25) is 5.95 Å². The average molecular weight is 401 g/mol. The number of aromatic nitrogens is 4. The van der Waals surface area contributed by atoms with Gasteiger partial charge in [0, 0.05) is 11.6 Å². The highest BCUT2D eigenvalue weighted by atomic mass is 19.3. The van der Waals surface area contributed by atoms with Gasteiger partial charge in [-0.05, 0) is 56.2 Å². The molecule has 1 aromatic carbocycles. The average Bonchev–Trinajstić information content (AvgIpc) is 3.37. The molecule has 2 fully saturated rings. The molecular formula is C20H21F2N5O2. The molecule has 9 heteroatoms. The van der Waals surface area contributed by atoms with Crippen molar-refractivity contribution in [1.29, 1.82) is 0 Å². The van der Waals surface area contributed by atoms with Crippen molar-refractivity contribution >= 4 is 11.5 Å². The van der Waals surface area contributed by atoms with Crippen LogP contribution in [0.15, 0.2) is 30.7 Å². The summed E-state index contributed by atoms with van der Waals surface area (Å²) in [5, 5.41) is 21.7. The van der Waals surface area contributed by atoms with Crippen LogP contribution in [0.5, 0.6) is 5.75 Å². The number of halogens is 2. The molecule has 152 valence electrons. The van der Waals surface area contributed by atoms with Crippen molar-refractivity contribution in [1.82, 2.24) is 19.6 Å². The van der Waals surface area contributed by atoms with Crippen LogP contribution in [0.25, 0.3) is 16.8 Å². The van der Waals surface area contributed by atoms with Gasteiger partial charge in [-0.25, -0.2) is 4.98 Å². The molecule has 2 aliphatic rings. The molecule has 2 aromatic heterocycles. The van der Waals surface area contributed by atoms with Crippen LogP contribution >= 0.6 is 0 Å². The Bertz CT molecular complexity index is 1060. The van der Waals surface area contributed by atoms with Gasteiger partial charge in [0.05, 0.1) is 17.3 Å². The number of rotatable bonds is 6. The largest absolute Gasteiger partial charge is 0.434 e. The minimum Gasteiger partial charge on any atom is -0.434 e. The molecule has 0 radical (unpaired) electrons. The lowest BCUT2D eigenvalue weighted by atomic mass is 9.77. The van der Waals surface area contributed by atoms with Crippen molar-refractivity contribution in [3.63, 3.8) is 0 Å². The quantitative estimate of drug-likeness (QED) is 0.657. The Balaban J connectivity index is 1.52. The number of ether oxygens (including phenoxy) is 1. The molecule has 2 heterocycles. The minimum atomic E-state index is -2.93. The number of nitrogens with one attached hydrogen (secondary N) is 1. The van der Waals surface area contributed by atoms with Gasteiger partial charge in [-0.1, -0.05) is 6.07 Å². The minimum absolute atomic E-state index is 0.0892. The molecule has 0 spiro atoms. The van der Waals surface area contributed by atoms with E-state index in [0.717, 1.165) is 18.4 Å². The Morgan fingerprint density at radius 1 is 1.28 bits per heavy atom. The highest BCUT2D eigenvalue weighted by Crippen LogP contribution is 2.43. The van der Waals surface area contributed by atoms with E-state index in [2.05, 4.69) is 20.5 Å². The number of hydrogen-bond donors (Lipinski definition) is 2. The smallest absolute Gasteiger partial charge is 0.387 e. The molecule has 0 amide bonds. The summed E-state index contributed by atoms with van der Waals surface area (Å²) in [5.74, 6) is 1.00. The van der Waals surface area contributed by atoms with Gasteiger partial charge in [-0.15, -0.1) is 10.2 Å². The topological polar surface area (TPSA) is 84.6 Å². The number of nitrogens with zero attached hydrogens (tertiary/aromatic N) is 4. The predicted octanol–water partition coefficient (Wildman–Crippen LogP) is 3.60. The van der Waals surface area contributed by atoms with E-state index in [0.29, 0.717) is 41.5 Å². The molecule has 0 saturated heterocycles. The molecule has 0 bridgehead atoms. The van der Waals surface area contributed by atoms with Crippen LogP contribution in [0.2, 0.25) is 0 Å². The van der Waals surface area contributed by atoms with Crippen molar-refractivity contribution in [3.05, 3.63) is 36.3 Å². The molecule has 2 saturated carbocycles. The SMILES string of the molecule is CC1(O)CC(Nc2nnc(-c3ccc(C4CC4)cc3OC(F)F)c3cncn23)C1. The van der Waals surface area contributed by atoms with Gasteiger partial charge >= 0.3 is 6.61 Å². The zero-order chi connectivity index (χ0) is 20.2. The Morgan fingerprint density at radius 3 is 2.76 bits per heavy atom. The first-order valence-corrected chi connectivity index (χ1v) is 9.66. The van der Waals surface area contributed by atoms with Crippen molar-refractivity contribution < 1.29 is 18.6 Å². The van der Waals surface area contributed by atoms with Gasteiger partial charge in [-0.2, -0.15) is 8.78 Å².